The molecule has 1 aromatic carbocycles. The molecule has 25 heavy (non-hydrogen) atoms. The molecule has 0 bridgehead atoms. The molecule has 1 saturated heterocycles. The first-order valence-electron chi connectivity index (χ1n) is 8.71. The number of benzene rings is 1. The van der Waals surface area contributed by atoms with Gasteiger partial charge in [0.25, 0.3) is 0 Å². The van der Waals surface area contributed by atoms with Crippen molar-refractivity contribution in [3.63, 3.8) is 0 Å². The van der Waals surface area contributed by atoms with Gasteiger partial charge in [0.1, 0.15) is 6.04 Å². The summed E-state index contributed by atoms with van der Waals surface area (Å²) < 4.78 is 0. The molecule has 0 aromatic heterocycles. The Balaban J connectivity index is 1.83. The van der Waals surface area contributed by atoms with E-state index in [1.165, 1.54) is 4.90 Å². The van der Waals surface area contributed by atoms with Gasteiger partial charge in [-0.25, -0.2) is 10.2 Å². The summed E-state index contributed by atoms with van der Waals surface area (Å²) in [6.45, 7) is 4.78. The number of amides is 3. The minimum absolute atomic E-state index is 0.0125. The second-order valence-electron chi connectivity index (χ2n) is 7.15. The standard InChI is InChI=1S/C18H29N5O2/c1-12(2)8-15-10-16(22-21-15)17(24)19-11-13-6-5-7-14(9-13)20-18(25)23(3)4/h5-7,9,12,15-16,21-22H,8,10-11H2,1-4H3,(H,19,24)(H,20,25). The van der Waals surface area contributed by atoms with E-state index in [0.717, 1.165) is 18.4 Å². The van der Waals surface area contributed by atoms with Crippen molar-refractivity contribution in [3.05, 3.63) is 29.8 Å². The van der Waals surface area contributed by atoms with Gasteiger partial charge in [0, 0.05) is 32.4 Å². The zero-order valence-electron chi connectivity index (χ0n) is 15.4. The second-order valence-corrected chi connectivity index (χ2v) is 7.15. The molecule has 7 heteroatoms. The van der Waals surface area contributed by atoms with Crippen LogP contribution in [-0.4, -0.2) is 43.0 Å². The molecule has 7 nitrogen and oxygen atoms in total. The summed E-state index contributed by atoms with van der Waals surface area (Å²) in [5.41, 5.74) is 7.92. The minimum Gasteiger partial charge on any atom is -0.351 e. The number of hydrazine groups is 1. The van der Waals surface area contributed by atoms with E-state index in [0.29, 0.717) is 24.2 Å². The summed E-state index contributed by atoms with van der Waals surface area (Å²) in [6, 6.07) is 7.42. The third kappa shape index (κ3) is 6.03. The highest BCUT2D eigenvalue weighted by Gasteiger charge is 2.29. The van der Waals surface area contributed by atoms with E-state index in [2.05, 4.69) is 35.3 Å². The number of nitrogens with one attached hydrogen (secondary N) is 4. The lowest BCUT2D eigenvalue weighted by Crippen LogP contribution is -2.43. The summed E-state index contributed by atoms with van der Waals surface area (Å²) in [4.78, 5) is 25.5. The Hall–Kier alpha value is -2.12. The Kier molecular flexibility index (Phi) is 6.78. The van der Waals surface area contributed by atoms with E-state index in [1.54, 1.807) is 14.1 Å². The number of anilines is 1. The Morgan fingerprint density at radius 1 is 1.28 bits per heavy atom. The predicted molar refractivity (Wildman–Crippen MR) is 98.9 cm³/mol. The molecule has 3 amide bonds. The fourth-order valence-electron chi connectivity index (χ4n) is 2.82. The lowest BCUT2D eigenvalue weighted by molar-refractivity contribution is -0.123. The smallest absolute Gasteiger partial charge is 0.321 e. The zero-order chi connectivity index (χ0) is 18.4. The molecule has 1 aromatic rings. The van der Waals surface area contributed by atoms with E-state index in [-0.39, 0.29) is 18.0 Å². The molecule has 1 heterocycles. The average molecular weight is 347 g/mol. The number of rotatable bonds is 6. The monoisotopic (exact) mass is 347 g/mol. The first-order chi connectivity index (χ1) is 11.8. The highest BCUT2D eigenvalue weighted by atomic mass is 16.2. The molecule has 4 N–H and O–H groups in total. The first-order valence-corrected chi connectivity index (χ1v) is 8.71. The maximum absolute atomic E-state index is 12.3. The van der Waals surface area contributed by atoms with Crippen LogP contribution >= 0.6 is 0 Å². The van der Waals surface area contributed by atoms with Gasteiger partial charge < -0.3 is 15.5 Å². The van der Waals surface area contributed by atoms with Crippen molar-refractivity contribution in [3.8, 4) is 0 Å². The number of urea groups is 1. The fourth-order valence-corrected chi connectivity index (χ4v) is 2.82. The summed E-state index contributed by atoms with van der Waals surface area (Å²) in [6.07, 6.45) is 1.84. The lowest BCUT2D eigenvalue weighted by atomic mass is 10.00. The van der Waals surface area contributed by atoms with E-state index in [4.69, 9.17) is 0 Å². The molecule has 0 spiro atoms. The van der Waals surface area contributed by atoms with Gasteiger partial charge in [-0.05, 0) is 36.5 Å². The molecule has 138 valence electrons. The molecule has 1 aliphatic heterocycles. The Morgan fingerprint density at radius 2 is 2.04 bits per heavy atom. The second kappa shape index (κ2) is 8.82. The summed E-state index contributed by atoms with van der Waals surface area (Å²) >= 11 is 0. The van der Waals surface area contributed by atoms with Crippen molar-refractivity contribution >= 4 is 17.6 Å². The van der Waals surface area contributed by atoms with Crippen LogP contribution in [-0.2, 0) is 11.3 Å². The van der Waals surface area contributed by atoms with Crippen molar-refractivity contribution in [1.82, 2.24) is 21.1 Å². The fraction of sp³-hybridized carbons (Fsp3) is 0.556. The van der Waals surface area contributed by atoms with Gasteiger partial charge in [-0.3, -0.25) is 10.2 Å². The normalized spacial score (nSPS) is 19.7. The van der Waals surface area contributed by atoms with Crippen molar-refractivity contribution in [2.75, 3.05) is 19.4 Å². The molecule has 0 aliphatic carbocycles. The van der Waals surface area contributed by atoms with E-state index in [1.807, 2.05) is 24.3 Å². The highest BCUT2D eigenvalue weighted by molar-refractivity contribution is 5.89. The van der Waals surface area contributed by atoms with Crippen LogP contribution in [0.3, 0.4) is 0 Å². The van der Waals surface area contributed by atoms with Crippen molar-refractivity contribution in [1.29, 1.82) is 0 Å². The van der Waals surface area contributed by atoms with E-state index in [9.17, 15) is 9.59 Å². The molecule has 1 aliphatic rings. The Labute approximate surface area is 149 Å². The van der Waals surface area contributed by atoms with Crippen LogP contribution in [0.2, 0.25) is 0 Å². The molecular formula is C18H29N5O2. The van der Waals surface area contributed by atoms with Crippen molar-refractivity contribution in [2.24, 2.45) is 5.92 Å². The summed E-state index contributed by atoms with van der Waals surface area (Å²) in [7, 11) is 3.38. The Bertz CT molecular complexity index is 603. The predicted octanol–water partition coefficient (Wildman–Crippen LogP) is 1.68. The van der Waals surface area contributed by atoms with Crippen LogP contribution in [0.15, 0.2) is 24.3 Å². The van der Waals surface area contributed by atoms with Crippen molar-refractivity contribution < 1.29 is 9.59 Å². The van der Waals surface area contributed by atoms with E-state index >= 15 is 0 Å². The lowest BCUT2D eigenvalue weighted by Gasteiger charge is -2.14. The van der Waals surface area contributed by atoms with Gasteiger partial charge in [-0.2, -0.15) is 0 Å². The maximum Gasteiger partial charge on any atom is 0.321 e. The van der Waals surface area contributed by atoms with Gasteiger partial charge in [-0.15, -0.1) is 0 Å². The number of hydrogen-bond donors (Lipinski definition) is 4. The van der Waals surface area contributed by atoms with Crippen LogP contribution in [0.4, 0.5) is 10.5 Å². The zero-order valence-corrected chi connectivity index (χ0v) is 15.4. The number of carbonyl (C=O) groups excluding carboxylic acids is 2. The van der Waals surface area contributed by atoms with Crippen LogP contribution in [0.5, 0.6) is 0 Å². The molecular weight excluding hydrogens is 318 g/mol. The van der Waals surface area contributed by atoms with Crippen LogP contribution in [0, 0.1) is 5.92 Å². The third-order valence-corrected chi connectivity index (χ3v) is 4.11. The summed E-state index contributed by atoms with van der Waals surface area (Å²) in [5.74, 6) is 0.586. The minimum atomic E-state index is -0.208. The van der Waals surface area contributed by atoms with Gasteiger partial charge in [-0.1, -0.05) is 26.0 Å². The molecule has 0 saturated carbocycles. The number of hydrogen-bond acceptors (Lipinski definition) is 4. The van der Waals surface area contributed by atoms with Gasteiger partial charge in [0.15, 0.2) is 0 Å². The number of carbonyl (C=O) groups is 2. The van der Waals surface area contributed by atoms with Crippen molar-refractivity contribution in [2.45, 2.75) is 45.3 Å². The van der Waals surface area contributed by atoms with E-state index < -0.39 is 0 Å². The van der Waals surface area contributed by atoms with Crippen LogP contribution in [0.1, 0.15) is 32.3 Å². The average Bonchev–Trinajstić information content (AvgIpc) is 3.00. The number of nitrogens with zero attached hydrogens (tertiary/aromatic N) is 1. The largest absolute Gasteiger partial charge is 0.351 e. The topological polar surface area (TPSA) is 85.5 Å². The molecule has 2 unspecified atom stereocenters. The molecule has 2 atom stereocenters. The highest BCUT2D eigenvalue weighted by Crippen LogP contribution is 2.14. The van der Waals surface area contributed by atoms with Crippen LogP contribution < -0.4 is 21.5 Å². The Morgan fingerprint density at radius 3 is 2.72 bits per heavy atom. The third-order valence-electron chi connectivity index (χ3n) is 4.11. The summed E-state index contributed by atoms with van der Waals surface area (Å²) in [5, 5.41) is 5.75. The van der Waals surface area contributed by atoms with Gasteiger partial charge in [0.2, 0.25) is 5.91 Å². The van der Waals surface area contributed by atoms with Gasteiger partial charge >= 0.3 is 6.03 Å². The molecule has 1 fully saturated rings. The van der Waals surface area contributed by atoms with Gasteiger partial charge in [0.05, 0.1) is 0 Å². The SMILES string of the molecule is CC(C)CC1CC(C(=O)NCc2cccc(NC(=O)N(C)C)c2)NN1. The maximum atomic E-state index is 12.3. The first kappa shape index (κ1) is 19.2. The molecule has 2 rings (SSSR count). The quantitative estimate of drug-likeness (QED) is 0.631. The molecule has 0 radical (unpaired) electrons. The van der Waals surface area contributed by atoms with Crippen LogP contribution in [0.25, 0.3) is 0 Å².